The summed E-state index contributed by atoms with van der Waals surface area (Å²) in [6, 6.07) is 15.6. The maximum atomic E-state index is 13.3. The molecule has 0 unspecified atom stereocenters. The molecule has 0 fully saturated rings. The molecule has 35 heavy (non-hydrogen) atoms. The molecule has 0 bridgehead atoms. The molecule has 0 radical (unpaired) electrons. The third-order valence-corrected chi connectivity index (χ3v) is 5.91. The van der Waals surface area contributed by atoms with E-state index in [1.54, 1.807) is 9.25 Å². The Kier molecular flexibility index (Phi) is 7.29. The molecular formula is C27H31N5O3. The highest BCUT2D eigenvalue weighted by Gasteiger charge is 2.19. The van der Waals surface area contributed by atoms with E-state index in [0.717, 1.165) is 28.3 Å². The van der Waals surface area contributed by atoms with E-state index in [0.29, 0.717) is 36.6 Å². The zero-order valence-corrected chi connectivity index (χ0v) is 20.7. The number of rotatable bonds is 9. The summed E-state index contributed by atoms with van der Waals surface area (Å²) in [5.74, 6) is 0.674. The van der Waals surface area contributed by atoms with Gasteiger partial charge in [-0.05, 0) is 57.5 Å². The van der Waals surface area contributed by atoms with Gasteiger partial charge in [-0.2, -0.15) is 5.10 Å². The van der Waals surface area contributed by atoms with Crippen LogP contribution in [-0.4, -0.2) is 31.8 Å². The molecule has 2 aromatic carbocycles. The molecule has 0 aliphatic carbocycles. The number of nitrogens with zero attached hydrogens (tertiary/aromatic N) is 4. The molecule has 0 spiro atoms. The Morgan fingerprint density at radius 3 is 2.40 bits per heavy atom. The Morgan fingerprint density at radius 2 is 1.74 bits per heavy atom. The first kappa shape index (κ1) is 24.2. The van der Waals surface area contributed by atoms with Crippen LogP contribution in [-0.2, 0) is 24.3 Å². The molecule has 0 saturated heterocycles. The van der Waals surface area contributed by atoms with E-state index in [1.165, 1.54) is 0 Å². The van der Waals surface area contributed by atoms with Gasteiger partial charge in [-0.3, -0.25) is 14.2 Å². The lowest BCUT2D eigenvalue weighted by Gasteiger charge is -2.11. The number of carbonyl (C=O) groups excluding carboxylic acids is 1. The molecule has 0 aliphatic heterocycles. The fraction of sp³-hybridized carbons (Fsp3) is 0.333. The number of ether oxygens (including phenoxy) is 1. The van der Waals surface area contributed by atoms with E-state index in [9.17, 15) is 9.59 Å². The highest BCUT2D eigenvalue weighted by Crippen LogP contribution is 2.20. The number of aromatic nitrogens is 4. The van der Waals surface area contributed by atoms with Crippen LogP contribution in [0.15, 0.2) is 53.3 Å². The lowest BCUT2D eigenvalue weighted by atomic mass is 10.2. The van der Waals surface area contributed by atoms with E-state index in [-0.39, 0.29) is 24.3 Å². The highest BCUT2D eigenvalue weighted by molar-refractivity contribution is 5.77. The van der Waals surface area contributed by atoms with Gasteiger partial charge in [0.1, 0.15) is 17.0 Å². The Bertz CT molecular complexity index is 1390. The van der Waals surface area contributed by atoms with Gasteiger partial charge in [0.05, 0.1) is 18.0 Å². The smallest absolute Gasteiger partial charge is 0.273 e. The molecular weight excluding hydrogens is 442 g/mol. The molecule has 0 saturated carbocycles. The summed E-state index contributed by atoms with van der Waals surface area (Å²) in [4.78, 5) is 30.4. The average molecular weight is 474 g/mol. The van der Waals surface area contributed by atoms with E-state index < -0.39 is 0 Å². The van der Waals surface area contributed by atoms with Gasteiger partial charge in [-0.25, -0.2) is 9.67 Å². The number of carbonyl (C=O) groups is 1. The largest absolute Gasteiger partial charge is 0.494 e. The summed E-state index contributed by atoms with van der Waals surface area (Å²) in [6.07, 6.45) is 0.443. The van der Waals surface area contributed by atoms with Crippen LogP contribution < -0.4 is 15.6 Å². The number of fused-ring (bicyclic) bond motifs is 1. The summed E-state index contributed by atoms with van der Waals surface area (Å²) in [5.41, 5.74) is 5.28. The third-order valence-electron chi connectivity index (χ3n) is 5.91. The minimum absolute atomic E-state index is 0.129. The molecule has 1 amide bonds. The summed E-state index contributed by atoms with van der Waals surface area (Å²) < 4.78 is 8.91. The Hall–Kier alpha value is -3.94. The second kappa shape index (κ2) is 10.5. The minimum atomic E-state index is -0.187. The van der Waals surface area contributed by atoms with Gasteiger partial charge in [0, 0.05) is 25.9 Å². The molecule has 2 aromatic heterocycles. The molecule has 182 valence electrons. The van der Waals surface area contributed by atoms with Crippen molar-refractivity contribution in [2.75, 3.05) is 6.61 Å². The zero-order valence-electron chi connectivity index (χ0n) is 20.7. The standard InChI is InChI=1S/C27H31N5O3/c1-5-31-26-25(19(4)30-32(26)21-11-7-18(3)8-12-21)29-23(27(31)34)15-16-24(33)28-17-20-9-13-22(14-10-20)35-6-2/h7-14H,5-6,15-17H2,1-4H3,(H,28,33). The zero-order chi connectivity index (χ0) is 24.9. The van der Waals surface area contributed by atoms with Crippen LogP contribution >= 0.6 is 0 Å². The van der Waals surface area contributed by atoms with Crippen molar-refractivity contribution in [3.05, 3.63) is 81.4 Å². The summed E-state index contributed by atoms with van der Waals surface area (Å²) in [6.45, 7) is 9.29. The first-order valence-electron chi connectivity index (χ1n) is 12.0. The van der Waals surface area contributed by atoms with Gasteiger partial charge >= 0.3 is 0 Å². The van der Waals surface area contributed by atoms with Gasteiger partial charge in [-0.1, -0.05) is 29.8 Å². The number of nitrogens with one attached hydrogen (secondary N) is 1. The van der Waals surface area contributed by atoms with Crippen molar-refractivity contribution in [3.63, 3.8) is 0 Å². The summed E-state index contributed by atoms with van der Waals surface area (Å²) >= 11 is 0. The van der Waals surface area contributed by atoms with Crippen molar-refractivity contribution in [2.24, 2.45) is 0 Å². The fourth-order valence-electron chi connectivity index (χ4n) is 4.03. The predicted octanol–water partition coefficient (Wildman–Crippen LogP) is 3.87. The number of hydrogen-bond donors (Lipinski definition) is 1. The maximum Gasteiger partial charge on any atom is 0.273 e. The van der Waals surface area contributed by atoms with Gasteiger partial charge in [0.2, 0.25) is 5.91 Å². The van der Waals surface area contributed by atoms with Crippen molar-refractivity contribution in [1.82, 2.24) is 24.6 Å². The normalized spacial score (nSPS) is 11.1. The quantitative estimate of drug-likeness (QED) is 0.399. The first-order valence-corrected chi connectivity index (χ1v) is 12.0. The van der Waals surface area contributed by atoms with Crippen molar-refractivity contribution in [3.8, 4) is 11.4 Å². The van der Waals surface area contributed by atoms with E-state index in [4.69, 9.17) is 4.74 Å². The van der Waals surface area contributed by atoms with Crippen molar-refractivity contribution >= 4 is 17.1 Å². The van der Waals surface area contributed by atoms with E-state index in [2.05, 4.69) is 15.4 Å². The highest BCUT2D eigenvalue weighted by atomic mass is 16.5. The van der Waals surface area contributed by atoms with Crippen LogP contribution in [0.4, 0.5) is 0 Å². The topological polar surface area (TPSA) is 91.0 Å². The predicted molar refractivity (Wildman–Crippen MR) is 136 cm³/mol. The van der Waals surface area contributed by atoms with Gasteiger partial charge in [-0.15, -0.1) is 0 Å². The Labute approximate surface area is 204 Å². The van der Waals surface area contributed by atoms with Crippen molar-refractivity contribution in [1.29, 1.82) is 0 Å². The molecule has 0 atom stereocenters. The van der Waals surface area contributed by atoms with Crippen molar-refractivity contribution < 1.29 is 9.53 Å². The van der Waals surface area contributed by atoms with E-state index in [1.807, 2.05) is 76.2 Å². The van der Waals surface area contributed by atoms with E-state index >= 15 is 0 Å². The fourth-order valence-corrected chi connectivity index (χ4v) is 4.03. The molecule has 4 rings (SSSR count). The summed E-state index contributed by atoms with van der Waals surface area (Å²) in [5, 5.41) is 7.58. The number of amides is 1. The van der Waals surface area contributed by atoms with Crippen LogP contribution in [0.2, 0.25) is 0 Å². The van der Waals surface area contributed by atoms with Crippen LogP contribution in [0.5, 0.6) is 5.75 Å². The Balaban J connectivity index is 1.51. The SMILES string of the molecule is CCOc1ccc(CNC(=O)CCc2nc3c(C)nn(-c4ccc(C)cc4)c3n(CC)c2=O)cc1. The minimum Gasteiger partial charge on any atom is -0.494 e. The van der Waals surface area contributed by atoms with Gasteiger partial charge < -0.3 is 10.1 Å². The molecule has 2 heterocycles. The number of aryl methyl sites for hydroxylation is 4. The van der Waals surface area contributed by atoms with Crippen LogP contribution in [0.25, 0.3) is 16.9 Å². The van der Waals surface area contributed by atoms with Crippen molar-refractivity contribution in [2.45, 2.75) is 53.6 Å². The molecule has 8 heteroatoms. The second-order valence-electron chi connectivity index (χ2n) is 8.47. The monoisotopic (exact) mass is 473 g/mol. The second-order valence-corrected chi connectivity index (χ2v) is 8.47. The average Bonchev–Trinajstić information content (AvgIpc) is 3.18. The Morgan fingerprint density at radius 1 is 1.03 bits per heavy atom. The summed E-state index contributed by atoms with van der Waals surface area (Å²) in [7, 11) is 0. The first-order chi connectivity index (χ1) is 16.9. The van der Waals surface area contributed by atoms with Crippen LogP contribution in [0.1, 0.15) is 42.8 Å². The van der Waals surface area contributed by atoms with Crippen LogP contribution in [0, 0.1) is 13.8 Å². The van der Waals surface area contributed by atoms with Gasteiger partial charge in [0.25, 0.3) is 5.56 Å². The number of benzene rings is 2. The molecule has 8 nitrogen and oxygen atoms in total. The molecule has 1 N–H and O–H groups in total. The van der Waals surface area contributed by atoms with Gasteiger partial charge in [0.15, 0.2) is 5.65 Å². The molecule has 0 aliphatic rings. The molecule has 4 aromatic rings. The van der Waals surface area contributed by atoms with Crippen LogP contribution in [0.3, 0.4) is 0 Å². The lowest BCUT2D eigenvalue weighted by molar-refractivity contribution is -0.121. The number of hydrogen-bond acceptors (Lipinski definition) is 5. The lowest BCUT2D eigenvalue weighted by Crippen LogP contribution is -2.28. The third kappa shape index (κ3) is 5.26. The maximum absolute atomic E-state index is 13.3.